The van der Waals surface area contributed by atoms with Crippen molar-refractivity contribution in [1.82, 2.24) is 14.7 Å². The van der Waals surface area contributed by atoms with E-state index in [1.807, 2.05) is 26.8 Å². The van der Waals surface area contributed by atoms with Gasteiger partial charge >= 0.3 is 0 Å². The van der Waals surface area contributed by atoms with E-state index in [-0.39, 0.29) is 11.1 Å². The van der Waals surface area contributed by atoms with Crippen molar-refractivity contribution in [1.29, 1.82) is 0 Å². The zero-order valence-electron chi connectivity index (χ0n) is 12.0. The van der Waals surface area contributed by atoms with Gasteiger partial charge < -0.3 is 9.40 Å². The quantitative estimate of drug-likeness (QED) is 0.885. The van der Waals surface area contributed by atoms with Gasteiger partial charge in [0.15, 0.2) is 5.03 Å². The van der Waals surface area contributed by atoms with Gasteiger partial charge in [0.2, 0.25) is 0 Å². The summed E-state index contributed by atoms with van der Waals surface area (Å²) in [4.78, 5) is 6.80. The first-order valence-electron chi connectivity index (χ1n) is 6.46. The number of furan rings is 1. The van der Waals surface area contributed by atoms with Crippen LogP contribution in [-0.2, 0) is 16.4 Å². The first-order chi connectivity index (χ1) is 9.33. The SMILES string of the molecule is CCc1ncc(S(=O)(=O)NC(C)c2cc(C)oc2C)[nH]1. The molecule has 2 heterocycles. The molecule has 2 N–H and O–H groups in total. The molecule has 0 radical (unpaired) electrons. The van der Waals surface area contributed by atoms with Gasteiger partial charge in [0.25, 0.3) is 10.0 Å². The molecule has 0 bridgehead atoms. The minimum atomic E-state index is -3.61. The Labute approximate surface area is 118 Å². The highest BCUT2D eigenvalue weighted by Gasteiger charge is 2.22. The Bertz CT molecular complexity index is 700. The van der Waals surface area contributed by atoms with Crippen molar-refractivity contribution in [2.75, 3.05) is 0 Å². The molecule has 2 rings (SSSR count). The van der Waals surface area contributed by atoms with Crippen LogP contribution in [0.15, 0.2) is 21.7 Å². The van der Waals surface area contributed by atoms with E-state index in [4.69, 9.17) is 4.42 Å². The molecule has 0 aliphatic heterocycles. The summed E-state index contributed by atoms with van der Waals surface area (Å²) in [7, 11) is -3.61. The average molecular weight is 297 g/mol. The van der Waals surface area contributed by atoms with Crippen LogP contribution in [0.2, 0.25) is 0 Å². The van der Waals surface area contributed by atoms with Gasteiger partial charge in [-0.05, 0) is 26.8 Å². The van der Waals surface area contributed by atoms with Gasteiger partial charge in [0.1, 0.15) is 17.3 Å². The third kappa shape index (κ3) is 2.94. The van der Waals surface area contributed by atoms with Crippen LogP contribution in [-0.4, -0.2) is 18.4 Å². The molecule has 0 fully saturated rings. The van der Waals surface area contributed by atoms with Gasteiger partial charge in [-0.15, -0.1) is 0 Å². The number of nitrogens with zero attached hydrogens (tertiary/aromatic N) is 1. The largest absolute Gasteiger partial charge is 0.466 e. The Kier molecular flexibility index (Phi) is 4.01. The number of rotatable bonds is 5. The fourth-order valence-corrected chi connectivity index (χ4v) is 3.26. The zero-order chi connectivity index (χ0) is 14.9. The third-order valence-electron chi connectivity index (χ3n) is 3.11. The number of aromatic amines is 1. The molecule has 2 aromatic heterocycles. The van der Waals surface area contributed by atoms with Crippen LogP contribution in [0.4, 0.5) is 0 Å². The molecule has 6 nitrogen and oxygen atoms in total. The second kappa shape index (κ2) is 5.41. The second-order valence-electron chi connectivity index (χ2n) is 4.76. The number of aromatic nitrogens is 2. The molecular formula is C13H19N3O3S. The lowest BCUT2D eigenvalue weighted by Gasteiger charge is -2.12. The van der Waals surface area contributed by atoms with Crippen molar-refractivity contribution in [2.24, 2.45) is 0 Å². The molecule has 110 valence electrons. The summed E-state index contributed by atoms with van der Waals surface area (Å²) < 4.78 is 32.5. The van der Waals surface area contributed by atoms with Crippen molar-refractivity contribution in [3.8, 4) is 0 Å². The van der Waals surface area contributed by atoms with Crippen LogP contribution in [0, 0.1) is 13.8 Å². The van der Waals surface area contributed by atoms with Gasteiger partial charge in [-0.1, -0.05) is 6.92 Å². The van der Waals surface area contributed by atoms with Gasteiger partial charge in [-0.3, -0.25) is 0 Å². The first kappa shape index (κ1) is 14.8. The summed E-state index contributed by atoms with van der Waals surface area (Å²) in [6.07, 6.45) is 1.99. The topological polar surface area (TPSA) is 88.0 Å². The summed E-state index contributed by atoms with van der Waals surface area (Å²) in [6.45, 7) is 7.34. The number of nitrogens with one attached hydrogen (secondary N) is 2. The highest BCUT2D eigenvalue weighted by molar-refractivity contribution is 7.89. The van der Waals surface area contributed by atoms with E-state index < -0.39 is 10.0 Å². The molecule has 1 unspecified atom stereocenters. The Morgan fingerprint density at radius 3 is 2.65 bits per heavy atom. The number of H-pyrrole nitrogens is 1. The predicted octanol–water partition coefficient (Wildman–Crippen LogP) is 2.22. The monoisotopic (exact) mass is 297 g/mol. The second-order valence-corrected chi connectivity index (χ2v) is 6.44. The van der Waals surface area contributed by atoms with Crippen LogP contribution in [0.1, 0.15) is 42.8 Å². The van der Waals surface area contributed by atoms with Crippen LogP contribution in [0.25, 0.3) is 0 Å². The molecule has 0 aliphatic rings. The average Bonchev–Trinajstić information content (AvgIpc) is 2.95. The molecule has 1 atom stereocenters. The van der Waals surface area contributed by atoms with Gasteiger partial charge in [0, 0.05) is 18.0 Å². The number of aryl methyl sites for hydroxylation is 3. The van der Waals surface area contributed by atoms with Crippen LogP contribution in [0.5, 0.6) is 0 Å². The summed E-state index contributed by atoms with van der Waals surface area (Å²) in [5.41, 5.74) is 0.835. The van der Waals surface area contributed by atoms with E-state index in [1.165, 1.54) is 6.20 Å². The lowest BCUT2D eigenvalue weighted by Crippen LogP contribution is -2.27. The molecule has 7 heteroatoms. The zero-order valence-corrected chi connectivity index (χ0v) is 12.8. The fraction of sp³-hybridized carbons (Fsp3) is 0.462. The maximum atomic E-state index is 12.3. The third-order valence-corrected chi connectivity index (χ3v) is 4.56. The predicted molar refractivity (Wildman–Crippen MR) is 74.9 cm³/mol. The maximum Gasteiger partial charge on any atom is 0.258 e. The Morgan fingerprint density at radius 1 is 1.45 bits per heavy atom. The van der Waals surface area contributed by atoms with E-state index in [1.54, 1.807) is 6.92 Å². The number of sulfonamides is 1. The number of imidazole rings is 1. The first-order valence-corrected chi connectivity index (χ1v) is 7.95. The number of hydrogen-bond acceptors (Lipinski definition) is 4. The molecule has 2 aromatic rings. The van der Waals surface area contributed by atoms with Crippen molar-refractivity contribution in [3.63, 3.8) is 0 Å². The van der Waals surface area contributed by atoms with Crippen LogP contribution in [0.3, 0.4) is 0 Å². The Balaban J connectivity index is 2.21. The molecule has 0 saturated carbocycles. The summed E-state index contributed by atoms with van der Waals surface area (Å²) in [5, 5.41) is 0.0825. The molecule has 0 aromatic carbocycles. The van der Waals surface area contributed by atoms with E-state index in [0.29, 0.717) is 12.2 Å². The minimum absolute atomic E-state index is 0.0825. The van der Waals surface area contributed by atoms with E-state index in [9.17, 15) is 8.42 Å². The molecule has 0 spiro atoms. The van der Waals surface area contributed by atoms with Gasteiger partial charge in [-0.25, -0.2) is 18.1 Å². The summed E-state index contributed by atoms with van der Waals surface area (Å²) in [6, 6.07) is 1.47. The number of hydrogen-bond donors (Lipinski definition) is 2. The van der Waals surface area contributed by atoms with Crippen molar-refractivity contribution in [3.05, 3.63) is 35.2 Å². The van der Waals surface area contributed by atoms with Crippen molar-refractivity contribution in [2.45, 2.75) is 45.2 Å². The lowest BCUT2D eigenvalue weighted by molar-refractivity contribution is 0.496. The molecule has 0 saturated heterocycles. The molecule has 20 heavy (non-hydrogen) atoms. The van der Waals surface area contributed by atoms with Crippen LogP contribution < -0.4 is 4.72 Å². The minimum Gasteiger partial charge on any atom is -0.466 e. The lowest BCUT2D eigenvalue weighted by atomic mass is 10.1. The molecule has 0 aliphatic carbocycles. The van der Waals surface area contributed by atoms with Crippen molar-refractivity contribution >= 4 is 10.0 Å². The van der Waals surface area contributed by atoms with Gasteiger partial charge in [-0.2, -0.15) is 0 Å². The van der Waals surface area contributed by atoms with Crippen molar-refractivity contribution < 1.29 is 12.8 Å². The fourth-order valence-electron chi connectivity index (χ4n) is 2.10. The van der Waals surface area contributed by atoms with Crippen LogP contribution >= 0.6 is 0 Å². The smallest absolute Gasteiger partial charge is 0.258 e. The van der Waals surface area contributed by atoms with E-state index >= 15 is 0 Å². The highest BCUT2D eigenvalue weighted by atomic mass is 32.2. The standard InChI is InChI=1S/C13H19N3O3S/c1-5-12-14-7-13(15-12)20(17,18)16-9(3)11-6-8(2)19-10(11)4/h6-7,9,16H,5H2,1-4H3,(H,14,15). The van der Waals surface area contributed by atoms with E-state index in [0.717, 1.165) is 17.1 Å². The van der Waals surface area contributed by atoms with E-state index in [2.05, 4.69) is 14.7 Å². The maximum absolute atomic E-state index is 12.3. The van der Waals surface area contributed by atoms with Gasteiger partial charge in [0.05, 0.1) is 6.20 Å². The molecule has 0 amide bonds. The Morgan fingerprint density at radius 2 is 2.15 bits per heavy atom. The summed E-state index contributed by atoms with van der Waals surface area (Å²) in [5.74, 6) is 2.13. The molecular weight excluding hydrogens is 278 g/mol. The normalized spacial score (nSPS) is 13.6. The highest BCUT2D eigenvalue weighted by Crippen LogP contribution is 2.22. The Hall–Kier alpha value is -1.60. The summed E-state index contributed by atoms with van der Waals surface area (Å²) >= 11 is 0.